The van der Waals surface area contributed by atoms with Crippen molar-refractivity contribution in [1.82, 2.24) is 0 Å². The van der Waals surface area contributed by atoms with Crippen molar-refractivity contribution in [2.45, 2.75) is 39.0 Å². The standard InChI is InChI=1S/C8H18O4S/c1-2-3-4-5-6-7-13(10,11)12-8-9/h9H,2-8H2,1H3. The van der Waals surface area contributed by atoms with Gasteiger partial charge in [0.1, 0.15) is 0 Å². The number of hydrogen-bond donors (Lipinski definition) is 1. The van der Waals surface area contributed by atoms with Crippen LogP contribution in [0.2, 0.25) is 0 Å². The molecule has 0 heterocycles. The molecule has 0 saturated carbocycles. The molecule has 0 aliphatic rings. The summed E-state index contributed by atoms with van der Waals surface area (Å²) >= 11 is 0. The Hall–Kier alpha value is -0.130. The van der Waals surface area contributed by atoms with Crippen molar-refractivity contribution in [2.75, 3.05) is 12.5 Å². The van der Waals surface area contributed by atoms with Crippen LogP contribution in [-0.4, -0.2) is 26.1 Å². The minimum absolute atomic E-state index is 0.0112. The number of unbranched alkanes of at least 4 members (excludes halogenated alkanes) is 4. The van der Waals surface area contributed by atoms with Crippen LogP contribution in [0.15, 0.2) is 0 Å². The molecular weight excluding hydrogens is 192 g/mol. The zero-order valence-corrected chi connectivity index (χ0v) is 8.85. The van der Waals surface area contributed by atoms with Gasteiger partial charge in [0, 0.05) is 0 Å². The van der Waals surface area contributed by atoms with Crippen molar-refractivity contribution in [3.8, 4) is 0 Å². The average molecular weight is 210 g/mol. The van der Waals surface area contributed by atoms with Gasteiger partial charge in [0.25, 0.3) is 10.1 Å². The molecule has 0 atom stereocenters. The third-order valence-corrected chi connectivity index (χ3v) is 2.98. The average Bonchev–Trinajstić information content (AvgIpc) is 2.04. The maximum Gasteiger partial charge on any atom is 0.269 e. The summed E-state index contributed by atoms with van der Waals surface area (Å²) in [6.07, 6.45) is 4.86. The van der Waals surface area contributed by atoms with Gasteiger partial charge in [-0.2, -0.15) is 8.42 Å². The van der Waals surface area contributed by atoms with Gasteiger partial charge in [-0.05, 0) is 6.42 Å². The fourth-order valence-corrected chi connectivity index (χ4v) is 1.86. The van der Waals surface area contributed by atoms with Crippen LogP contribution < -0.4 is 0 Å². The van der Waals surface area contributed by atoms with Gasteiger partial charge in [0.15, 0.2) is 6.79 Å². The van der Waals surface area contributed by atoms with Crippen LogP contribution in [0.5, 0.6) is 0 Å². The minimum Gasteiger partial charge on any atom is -0.369 e. The lowest BCUT2D eigenvalue weighted by atomic mass is 10.2. The molecule has 0 aliphatic carbocycles. The summed E-state index contributed by atoms with van der Waals surface area (Å²) in [5, 5.41) is 8.24. The Balaban J connectivity index is 3.41. The van der Waals surface area contributed by atoms with Crippen LogP contribution >= 0.6 is 0 Å². The predicted octanol–water partition coefficient (Wildman–Crippen LogP) is 1.25. The smallest absolute Gasteiger partial charge is 0.269 e. The highest BCUT2D eigenvalue weighted by atomic mass is 32.2. The van der Waals surface area contributed by atoms with Gasteiger partial charge >= 0.3 is 0 Å². The molecule has 0 unspecified atom stereocenters. The first-order chi connectivity index (χ1) is 6.12. The number of hydrogen-bond acceptors (Lipinski definition) is 4. The molecule has 0 fully saturated rings. The Bertz CT molecular complexity index is 198. The van der Waals surface area contributed by atoms with Crippen LogP contribution in [0, 0.1) is 0 Å². The lowest BCUT2D eigenvalue weighted by Crippen LogP contribution is -2.11. The second-order valence-electron chi connectivity index (χ2n) is 2.92. The fourth-order valence-electron chi connectivity index (χ4n) is 1.02. The minimum atomic E-state index is -3.47. The normalized spacial score (nSPS) is 11.8. The molecule has 4 nitrogen and oxygen atoms in total. The Kier molecular flexibility index (Phi) is 7.22. The van der Waals surface area contributed by atoms with E-state index in [0.717, 1.165) is 25.7 Å². The van der Waals surface area contributed by atoms with E-state index in [1.54, 1.807) is 0 Å². The largest absolute Gasteiger partial charge is 0.369 e. The Labute approximate surface area is 80.0 Å². The topological polar surface area (TPSA) is 63.6 Å². The van der Waals surface area contributed by atoms with Gasteiger partial charge in [0.2, 0.25) is 0 Å². The van der Waals surface area contributed by atoms with Crippen molar-refractivity contribution < 1.29 is 17.7 Å². The van der Waals surface area contributed by atoms with Crippen molar-refractivity contribution >= 4 is 10.1 Å². The van der Waals surface area contributed by atoms with Crippen LogP contribution in [0.1, 0.15) is 39.0 Å². The van der Waals surface area contributed by atoms with Crippen molar-refractivity contribution in [3.63, 3.8) is 0 Å². The molecule has 0 aromatic rings. The van der Waals surface area contributed by atoms with E-state index in [1.807, 2.05) is 0 Å². The first kappa shape index (κ1) is 12.9. The van der Waals surface area contributed by atoms with Gasteiger partial charge < -0.3 is 5.11 Å². The SMILES string of the molecule is CCCCCCCS(=O)(=O)OCO. The Morgan fingerprint density at radius 1 is 1.15 bits per heavy atom. The number of aliphatic hydroxyl groups is 1. The Morgan fingerprint density at radius 3 is 2.31 bits per heavy atom. The number of aliphatic hydroxyl groups excluding tert-OH is 1. The van der Waals surface area contributed by atoms with Gasteiger partial charge in [-0.25, -0.2) is 4.18 Å². The number of rotatable bonds is 8. The molecule has 5 heteroatoms. The van der Waals surface area contributed by atoms with Crippen molar-refractivity contribution in [2.24, 2.45) is 0 Å². The van der Waals surface area contributed by atoms with E-state index >= 15 is 0 Å². The van der Waals surface area contributed by atoms with Gasteiger partial charge in [-0.15, -0.1) is 0 Å². The van der Waals surface area contributed by atoms with Crippen LogP contribution in [0.4, 0.5) is 0 Å². The van der Waals surface area contributed by atoms with E-state index in [0.29, 0.717) is 6.42 Å². The van der Waals surface area contributed by atoms with Crippen LogP contribution in [0.3, 0.4) is 0 Å². The highest BCUT2D eigenvalue weighted by Gasteiger charge is 2.08. The highest BCUT2D eigenvalue weighted by Crippen LogP contribution is 2.05. The summed E-state index contributed by atoms with van der Waals surface area (Å²) < 4.78 is 25.9. The zero-order chi connectivity index (χ0) is 10.2. The predicted molar refractivity (Wildman–Crippen MR) is 50.7 cm³/mol. The molecule has 80 valence electrons. The van der Waals surface area contributed by atoms with Crippen LogP contribution in [0.25, 0.3) is 0 Å². The summed E-state index contributed by atoms with van der Waals surface area (Å²) in [6, 6.07) is 0. The van der Waals surface area contributed by atoms with Crippen molar-refractivity contribution in [1.29, 1.82) is 0 Å². The molecule has 1 N–H and O–H groups in total. The van der Waals surface area contributed by atoms with Crippen LogP contribution in [-0.2, 0) is 14.3 Å². The lowest BCUT2D eigenvalue weighted by molar-refractivity contribution is 0.105. The zero-order valence-electron chi connectivity index (χ0n) is 8.03. The molecule has 0 rings (SSSR count). The lowest BCUT2D eigenvalue weighted by Gasteiger charge is -2.02. The molecule has 0 bridgehead atoms. The van der Waals surface area contributed by atoms with E-state index in [1.165, 1.54) is 0 Å². The second kappa shape index (κ2) is 7.29. The highest BCUT2D eigenvalue weighted by molar-refractivity contribution is 7.86. The molecule has 13 heavy (non-hydrogen) atoms. The third kappa shape index (κ3) is 8.21. The van der Waals surface area contributed by atoms with E-state index in [4.69, 9.17) is 5.11 Å². The van der Waals surface area contributed by atoms with Gasteiger partial charge in [0.05, 0.1) is 5.75 Å². The van der Waals surface area contributed by atoms with Crippen molar-refractivity contribution in [3.05, 3.63) is 0 Å². The maximum atomic E-state index is 10.9. The molecule has 0 radical (unpaired) electrons. The summed E-state index contributed by atoms with van der Waals surface area (Å²) in [5.74, 6) is 0.0112. The molecular formula is C8H18O4S. The summed E-state index contributed by atoms with van der Waals surface area (Å²) in [4.78, 5) is 0. The molecule has 0 amide bonds. The molecule has 0 aromatic carbocycles. The van der Waals surface area contributed by atoms with E-state index in [9.17, 15) is 8.42 Å². The second-order valence-corrected chi connectivity index (χ2v) is 4.68. The monoisotopic (exact) mass is 210 g/mol. The molecule has 0 spiro atoms. The summed E-state index contributed by atoms with van der Waals surface area (Å²) in [6.45, 7) is 1.35. The summed E-state index contributed by atoms with van der Waals surface area (Å²) in [5.41, 5.74) is 0. The van der Waals surface area contributed by atoms with Gasteiger partial charge in [-0.1, -0.05) is 32.6 Å². The maximum absolute atomic E-state index is 10.9. The molecule has 0 aromatic heterocycles. The Morgan fingerprint density at radius 2 is 1.77 bits per heavy atom. The third-order valence-electron chi connectivity index (χ3n) is 1.73. The van der Waals surface area contributed by atoms with E-state index < -0.39 is 16.9 Å². The molecule has 0 saturated heterocycles. The first-order valence-electron chi connectivity index (χ1n) is 4.60. The quantitative estimate of drug-likeness (QED) is 0.372. The van der Waals surface area contributed by atoms with E-state index in [-0.39, 0.29) is 5.75 Å². The molecule has 0 aliphatic heterocycles. The van der Waals surface area contributed by atoms with E-state index in [2.05, 4.69) is 11.1 Å². The fraction of sp³-hybridized carbons (Fsp3) is 1.00. The summed E-state index contributed by atoms with van der Waals surface area (Å²) in [7, 11) is -3.47. The van der Waals surface area contributed by atoms with Gasteiger partial charge in [-0.3, -0.25) is 0 Å². The first-order valence-corrected chi connectivity index (χ1v) is 6.18.